The fourth-order valence-corrected chi connectivity index (χ4v) is 2.00. The van der Waals surface area contributed by atoms with E-state index >= 15 is 0 Å². The van der Waals surface area contributed by atoms with Gasteiger partial charge in [-0.3, -0.25) is 4.98 Å². The summed E-state index contributed by atoms with van der Waals surface area (Å²) in [6, 6.07) is 2.80. The molecule has 0 aromatic carbocycles. The Kier molecular flexibility index (Phi) is 5.62. The Morgan fingerprint density at radius 3 is 2.58 bits per heavy atom. The first kappa shape index (κ1) is 19.4. The van der Waals surface area contributed by atoms with E-state index in [1.165, 1.54) is 6.20 Å². The van der Waals surface area contributed by atoms with Crippen LogP contribution in [0, 0.1) is 11.3 Å². The summed E-state index contributed by atoms with van der Waals surface area (Å²) in [5.74, 6) is 0.216. The van der Waals surface area contributed by atoms with Crippen LogP contribution in [0.25, 0.3) is 0 Å². The van der Waals surface area contributed by atoms with Gasteiger partial charge in [0.05, 0.1) is 17.4 Å². The minimum atomic E-state index is -4.50. The van der Waals surface area contributed by atoms with Crippen LogP contribution in [0.5, 0.6) is 0 Å². The minimum absolute atomic E-state index is 0.0409. The molecule has 0 saturated heterocycles. The molecule has 0 saturated carbocycles. The Labute approximate surface area is 147 Å². The Bertz CT molecular complexity index is 811. The SMILES string of the molecule is CC(C)(O)CNc1nc(NCc2cnccc2C(F)(F)F)ncc1C#N. The third-order valence-corrected chi connectivity index (χ3v) is 3.24. The Morgan fingerprint density at radius 2 is 1.96 bits per heavy atom. The van der Waals surface area contributed by atoms with Crippen molar-refractivity contribution in [1.29, 1.82) is 5.26 Å². The van der Waals surface area contributed by atoms with Gasteiger partial charge in [-0.15, -0.1) is 0 Å². The number of nitrogens with one attached hydrogen (secondary N) is 2. The van der Waals surface area contributed by atoms with Crippen molar-refractivity contribution in [1.82, 2.24) is 15.0 Å². The molecule has 0 radical (unpaired) electrons. The average molecular weight is 366 g/mol. The number of alkyl halides is 3. The monoisotopic (exact) mass is 366 g/mol. The standard InChI is InChI=1S/C16H17F3N6O/c1-15(2,26)9-24-13-10(5-20)7-22-14(25-13)23-8-11-6-21-4-3-12(11)16(17,18)19/h3-4,6-7,26H,8-9H2,1-2H3,(H2,22,23,24,25). The second kappa shape index (κ2) is 7.53. The van der Waals surface area contributed by atoms with Gasteiger partial charge in [0, 0.05) is 31.0 Å². The van der Waals surface area contributed by atoms with E-state index in [2.05, 4.69) is 25.6 Å². The van der Waals surface area contributed by atoms with Crippen molar-refractivity contribution in [3.63, 3.8) is 0 Å². The van der Waals surface area contributed by atoms with Crippen LogP contribution in [0.4, 0.5) is 24.9 Å². The van der Waals surface area contributed by atoms with Crippen molar-refractivity contribution in [2.45, 2.75) is 32.2 Å². The van der Waals surface area contributed by atoms with Gasteiger partial charge < -0.3 is 15.7 Å². The molecule has 2 aromatic heterocycles. The van der Waals surface area contributed by atoms with E-state index in [0.717, 1.165) is 18.5 Å². The van der Waals surface area contributed by atoms with Gasteiger partial charge in [-0.25, -0.2) is 4.98 Å². The molecule has 3 N–H and O–H groups in total. The number of hydrogen-bond donors (Lipinski definition) is 3. The molecule has 2 aromatic rings. The number of nitriles is 1. The van der Waals surface area contributed by atoms with Gasteiger partial charge >= 0.3 is 6.18 Å². The number of halogens is 3. The quantitative estimate of drug-likeness (QED) is 0.721. The average Bonchev–Trinajstić information content (AvgIpc) is 2.57. The highest BCUT2D eigenvalue weighted by Crippen LogP contribution is 2.31. The van der Waals surface area contributed by atoms with Crippen LogP contribution in [0.1, 0.15) is 30.5 Å². The van der Waals surface area contributed by atoms with Gasteiger partial charge in [0.2, 0.25) is 5.95 Å². The van der Waals surface area contributed by atoms with E-state index in [4.69, 9.17) is 5.26 Å². The molecule has 0 spiro atoms. The summed E-state index contributed by atoms with van der Waals surface area (Å²) in [4.78, 5) is 11.7. The Balaban J connectivity index is 2.17. The van der Waals surface area contributed by atoms with E-state index in [1.54, 1.807) is 13.8 Å². The third-order valence-electron chi connectivity index (χ3n) is 3.24. The zero-order valence-electron chi connectivity index (χ0n) is 14.1. The van der Waals surface area contributed by atoms with E-state index < -0.39 is 17.3 Å². The topological polar surface area (TPSA) is 107 Å². The summed E-state index contributed by atoms with van der Waals surface area (Å²) < 4.78 is 39.0. The molecule has 0 aliphatic rings. The zero-order chi connectivity index (χ0) is 19.4. The van der Waals surface area contributed by atoms with Gasteiger partial charge in [-0.05, 0) is 19.9 Å². The van der Waals surface area contributed by atoms with Crippen molar-refractivity contribution < 1.29 is 18.3 Å². The second-order valence-electron chi connectivity index (χ2n) is 6.12. The van der Waals surface area contributed by atoms with E-state index in [9.17, 15) is 18.3 Å². The van der Waals surface area contributed by atoms with Crippen LogP contribution in [-0.2, 0) is 12.7 Å². The molecule has 0 amide bonds. The molecule has 0 unspecified atom stereocenters. The van der Waals surface area contributed by atoms with Crippen molar-refractivity contribution in [2.75, 3.05) is 17.2 Å². The number of aromatic nitrogens is 3. The first-order chi connectivity index (χ1) is 12.1. The van der Waals surface area contributed by atoms with Crippen LogP contribution in [0.3, 0.4) is 0 Å². The molecule has 7 nitrogen and oxygen atoms in total. The number of rotatable bonds is 6. The lowest BCUT2D eigenvalue weighted by molar-refractivity contribution is -0.138. The maximum absolute atomic E-state index is 13.0. The van der Waals surface area contributed by atoms with Crippen LogP contribution >= 0.6 is 0 Å². The summed E-state index contributed by atoms with van der Waals surface area (Å²) in [6.07, 6.45) is -1.06. The van der Waals surface area contributed by atoms with Crippen LogP contribution < -0.4 is 10.6 Å². The van der Waals surface area contributed by atoms with Gasteiger partial charge in [0.15, 0.2) is 0 Å². The van der Waals surface area contributed by atoms with Crippen molar-refractivity contribution in [2.24, 2.45) is 0 Å². The predicted molar refractivity (Wildman–Crippen MR) is 88.1 cm³/mol. The largest absolute Gasteiger partial charge is 0.416 e. The number of anilines is 2. The van der Waals surface area contributed by atoms with Gasteiger partial charge in [-0.2, -0.15) is 23.4 Å². The molecule has 0 aliphatic carbocycles. The number of hydrogen-bond acceptors (Lipinski definition) is 7. The fraction of sp³-hybridized carbons (Fsp3) is 0.375. The fourth-order valence-electron chi connectivity index (χ4n) is 2.00. The van der Waals surface area contributed by atoms with Crippen LogP contribution in [0.15, 0.2) is 24.7 Å². The van der Waals surface area contributed by atoms with E-state index in [0.29, 0.717) is 0 Å². The maximum Gasteiger partial charge on any atom is 0.416 e. The molecule has 26 heavy (non-hydrogen) atoms. The van der Waals surface area contributed by atoms with Gasteiger partial charge in [0.1, 0.15) is 17.5 Å². The highest BCUT2D eigenvalue weighted by atomic mass is 19.4. The van der Waals surface area contributed by atoms with Crippen molar-refractivity contribution in [3.05, 3.63) is 41.3 Å². The summed E-state index contributed by atoms with van der Waals surface area (Å²) in [6.45, 7) is 3.08. The first-order valence-corrected chi connectivity index (χ1v) is 7.57. The van der Waals surface area contributed by atoms with E-state index in [-0.39, 0.29) is 36.0 Å². The van der Waals surface area contributed by atoms with Crippen LogP contribution in [-0.4, -0.2) is 32.2 Å². The highest BCUT2D eigenvalue weighted by Gasteiger charge is 2.33. The van der Waals surface area contributed by atoms with Gasteiger partial charge in [0.25, 0.3) is 0 Å². The number of pyridine rings is 1. The molecule has 0 aliphatic heterocycles. The molecule has 0 fully saturated rings. The molecule has 10 heteroatoms. The van der Waals surface area contributed by atoms with E-state index in [1.807, 2.05) is 6.07 Å². The number of nitrogens with zero attached hydrogens (tertiary/aromatic N) is 4. The summed E-state index contributed by atoms with van der Waals surface area (Å²) in [5.41, 5.74) is -1.74. The lowest BCUT2D eigenvalue weighted by atomic mass is 10.1. The zero-order valence-corrected chi connectivity index (χ0v) is 14.1. The highest BCUT2D eigenvalue weighted by molar-refractivity contribution is 5.53. The molecule has 0 atom stereocenters. The molecule has 0 bridgehead atoms. The molecular formula is C16H17F3N6O. The Morgan fingerprint density at radius 1 is 1.23 bits per heavy atom. The lowest BCUT2D eigenvalue weighted by Gasteiger charge is -2.19. The van der Waals surface area contributed by atoms with Crippen LogP contribution in [0.2, 0.25) is 0 Å². The van der Waals surface area contributed by atoms with Gasteiger partial charge in [-0.1, -0.05) is 0 Å². The van der Waals surface area contributed by atoms with Crippen molar-refractivity contribution in [3.8, 4) is 6.07 Å². The summed E-state index contributed by atoms with van der Waals surface area (Å²) in [7, 11) is 0. The number of aliphatic hydroxyl groups is 1. The maximum atomic E-state index is 13.0. The smallest absolute Gasteiger partial charge is 0.389 e. The third kappa shape index (κ3) is 5.29. The molecular weight excluding hydrogens is 349 g/mol. The predicted octanol–water partition coefficient (Wildman–Crippen LogP) is 2.56. The first-order valence-electron chi connectivity index (χ1n) is 7.57. The normalized spacial score (nSPS) is 11.7. The summed E-state index contributed by atoms with van der Waals surface area (Å²) >= 11 is 0. The van der Waals surface area contributed by atoms with Crippen molar-refractivity contribution >= 4 is 11.8 Å². The molecule has 2 rings (SSSR count). The molecule has 138 valence electrons. The minimum Gasteiger partial charge on any atom is -0.389 e. The summed E-state index contributed by atoms with van der Waals surface area (Å²) in [5, 5.41) is 24.3. The Hall–Kier alpha value is -2.93. The second-order valence-corrected chi connectivity index (χ2v) is 6.12. The lowest BCUT2D eigenvalue weighted by Crippen LogP contribution is -2.30. The molecule has 2 heterocycles.